The van der Waals surface area contributed by atoms with Gasteiger partial charge in [-0.2, -0.15) is 0 Å². The first-order valence-electron chi connectivity index (χ1n) is 6.73. The topological polar surface area (TPSA) is 48.0 Å². The van der Waals surface area contributed by atoms with Crippen LogP contribution in [0, 0.1) is 12.8 Å². The van der Waals surface area contributed by atoms with E-state index in [1.807, 2.05) is 12.3 Å². The summed E-state index contributed by atoms with van der Waals surface area (Å²) in [6.07, 6.45) is 3.86. The standard InChI is InChI=1S/C15H20N2O/c1-10-4-2-6-13-14(10)12(9-17-13)15(18)11-5-3-7-16-8-11/h2,4,6,9,11,15-18H,3,5,7-8H2,1H3. The lowest BCUT2D eigenvalue weighted by Crippen LogP contribution is -2.33. The number of fused-ring (bicyclic) bond motifs is 1. The van der Waals surface area contributed by atoms with Gasteiger partial charge in [-0.3, -0.25) is 0 Å². The van der Waals surface area contributed by atoms with Crippen molar-refractivity contribution in [1.82, 2.24) is 10.3 Å². The molecule has 2 unspecified atom stereocenters. The normalized spacial score (nSPS) is 22.2. The number of hydrogen-bond acceptors (Lipinski definition) is 2. The molecule has 3 N–H and O–H groups in total. The third kappa shape index (κ3) is 1.93. The number of rotatable bonds is 2. The molecule has 2 heterocycles. The quantitative estimate of drug-likeness (QED) is 0.760. The highest BCUT2D eigenvalue weighted by molar-refractivity contribution is 5.86. The van der Waals surface area contributed by atoms with Crippen LogP contribution in [0.3, 0.4) is 0 Å². The van der Waals surface area contributed by atoms with Crippen LogP contribution in [0.25, 0.3) is 10.9 Å². The predicted molar refractivity (Wildman–Crippen MR) is 73.6 cm³/mol. The molecule has 3 rings (SSSR count). The molecule has 2 aromatic rings. The molecule has 2 atom stereocenters. The summed E-state index contributed by atoms with van der Waals surface area (Å²) in [6.45, 7) is 4.10. The highest BCUT2D eigenvalue weighted by atomic mass is 16.3. The fourth-order valence-electron chi connectivity index (χ4n) is 3.03. The summed E-state index contributed by atoms with van der Waals surface area (Å²) in [5.41, 5.74) is 3.40. The van der Waals surface area contributed by atoms with Crippen LogP contribution in [0.4, 0.5) is 0 Å². The van der Waals surface area contributed by atoms with Gasteiger partial charge in [-0.05, 0) is 37.9 Å². The third-order valence-corrected chi connectivity index (χ3v) is 4.04. The lowest BCUT2D eigenvalue weighted by atomic mass is 9.88. The van der Waals surface area contributed by atoms with Crippen molar-refractivity contribution in [2.75, 3.05) is 13.1 Å². The molecule has 0 spiro atoms. The van der Waals surface area contributed by atoms with Crippen molar-refractivity contribution < 1.29 is 5.11 Å². The lowest BCUT2D eigenvalue weighted by molar-refractivity contribution is 0.0934. The number of hydrogen-bond donors (Lipinski definition) is 3. The zero-order valence-electron chi connectivity index (χ0n) is 10.7. The zero-order valence-corrected chi connectivity index (χ0v) is 10.7. The second kappa shape index (κ2) is 4.75. The van der Waals surface area contributed by atoms with Crippen LogP contribution < -0.4 is 5.32 Å². The summed E-state index contributed by atoms with van der Waals surface area (Å²) in [5, 5.41) is 15.2. The predicted octanol–water partition coefficient (Wildman–Crippen LogP) is 2.51. The minimum absolute atomic E-state index is 0.331. The van der Waals surface area contributed by atoms with Gasteiger partial charge >= 0.3 is 0 Å². The van der Waals surface area contributed by atoms with Crippen LogP contribution in [0.15, 0.2) is 24.4 Å². The summed E-state index contributed by atoms with van der Waals surface area (Å²) >= 11 is 0. The van der Waals surface area contributed by atoms with Crippen molar-refractivity contribution in [3.63, 3.8) is 0 Å². The van der Waals surface area contributed by atoms with Crippen molar-refractivity contribution >= 4 is 10.9 Å². The summed E-state index contributed by atoms with van der Waals surface area (Å²) in [7, 11) is 0. The first kappa shape index (κ1) is 11.8. The molecule has 0 radical (unpaired) electrons. The number of aliphatic hydroxyl groups is 1. The molecule has 0 bridgehead atoms. The average Bonchev–Trinajstić information content (AvgIpc) is 2.84. The van der Waals surface area contributed by atoms with E-state index in [0.29, 0.717) is 5.92 Å². The van der Waals surface area contributed by atoms with Gasteiger partial charge in [-0.25, -0.2) is 0 Å². The molecule has 1 aliphatic heterocycles. The van der Waals surface area contributed by atoms with Gasteiger partial charge in [0, 0.05) is 35.1 Å². The first-order chi connectivity index (χ1) is 8.77. The monoisotopic (exact) mass is 244 g/mol. The summed E-state index contributed by atoms with van der Waals surface area (Å²) < 4.78 is 0. The number of aromatic nitrogens is 1. The SMILES string of the molecule is Cc1cccc2[nH]cc(C(O)C3CCCNC3)c12. The molecule has 3 heteroatoms. The van der Waals surface area contributed by atoms with E-state index < -0.39 is 0 Å². The zero-order chi connectivity index (χ0) is 12.5. The minimum Gasteiger partial charge on any atom is -0.388 e. The summed E-state index contributed by atoms with van der Waals surface area (Å²) in [6, 6.07) is 6.22. The molecule has 1 aromatic heterocycles. The average molecular weight is 244 g/mol. The number of aryl methyl sites for hydroxylation is 1. The van der Waals surface area contributed by atoms with E-state index in [1.165, 1.54) is 10.9 Å². The van der Waals surface area contributed by atoms with Crippen molar-refractivity contribution in [2.24, 2.45) is 5.92 Å². The molecular weight excluding hydrogens is 224 g/mol. The molecule has 18 heavy (non-hydrogen) atoms. The number of aromatic amines is 1. The molecular formula is C15H20N2O. The van der Waals surface area contributed by atoms with Crippen LogP contribution in [-0.4, -0.2) is 23.2 Å². The van der Waals surface area contributed by atoms with E-state index in [9.17, 15) is 5.11 Å². The molecule has 1 saturated heterocycles. The Bertz CT molecular complexity index is 540. The summed E-state index contributed by atoms with van der Waals surface area (Å²) in [4.78, 5) is 3.27. The number of benzene rings is 1. The van der Waals surface area contributed by atoms with Crippen molar-refractivity contribution in [2.45, 2.75) is 25.9 Å². The number of H-pyrrole nitrogens is 1. The number of piperidine rings is 1. The molecule has 1 aromatic carbocycles. The smallest absolute Gasteiger partial charge is 0.0851 e. The fraction of sp³-hybridized carbons (Fsp3) is 0.467. The van der Waals surface area contributed by atoms with Crippen LogP contribution in [0.2, 0.25) is 0 Å². The highest BCUT2D eigenvalue weighted by Gasteiger charge is 2.25. The maximum Gasteiger partial charge on any atom is 0.0851 e. The van der Waals surface area contributed by atoms with Gasteiger partial charge in [0.15, 0.2) is 0 Å². The molecule has 0 aliphatic carbocycles. The van der Waals surface area contributed by atoms with Gasteiger partial charge in [-0.15, -0.1) is 0 Å². The van der Waals surface area contributed by atoms with Crippen molar-refractivity contribution in [3.05, 3.63) is 35.5 Å². The second-order valence-electron chi connectivity index (χ2n) is 5.29. The molecule has 1 aliphatic rings. The van der Waals surface area contributed by atoms with E-state index in [1.54, 1.807) is 0 Å². The van der Waals surface area contributed by atoms with E-state index in [2.05, 4.69) is 29.4 Å². The van der Waals surface area contributed by atoms with E-state index in [0.717, 1.165) is 37.0 Å². The highest BCUT2D eigenvalue weighted by Crippen LogP contribution is 2.33. The van der Waals surface area contributed by atoms with Gasteiger partial charge in [0.1, 0.15) is 0 Å². The van der Waals surface area contributed by atoms with Crippen molar-refractivity contribution in [3.8, 4) is 0 Å². The van der Waals surface area contributed by atoms with E-state index >= 15 is 0 Å². The molecule has 0 saturated carbocycles. The molecule has 3 nitrogen and oxygen atoms in total. The molecule has 1 fully saturated rings. The number of aliphatic hydroxyl groups excluding tert-OH is 1. The van der Waals surface area contributed by atoms with Crippen LogP contribution in [-0.2, 0) is 0 Å². The van der Waals surface area contributed by atoms with Gasteiger partial charge in [0.2, 0.25) is 0 Å². The van der Waals surface area contributed by atoms with Gasteiger partial charge in [0.25, 0.3) is 0 Å². The Morgan fingerprint density at radius 1 is 1.39 bits per heavy atom. The Kier molecular flexibility index (Phi) is 3.10. The second-order valence-corrected chi connectivity index (χ2v) is 5.29. The fourth-order valence-corrected chi connectivity index (χ4v) is 3.03. The lowest BCUT2D eigenvalue weighted by Gasteiger charge is -2.27. The van der Waals surface area contributed by atoms with E-state index in [-0.39, 0.29) is 6.10 Å². The molecule has 0 amide bonds. The van der Waals surface area contributed by atoms with Crippen LogP contribution in [0.5, 0.6) is 0 Å². The Labute approximate surface area is 107 Å². The summed E-state index contributed by atoms with van der Waals surface area (Å²) in [5.74, 6) is 0.331. The maximum atomic E-state index is 10.6. The Balaban J connectivity index is 1.98. The van der Waals surface area contributed by atoms with Crippen molar-refractivity contribution in [1.29, 1.82) is 0 Å². The van der Waals surface area contributed by atoms with E-state index in [4.69, 9.17) is 0 Å². The number of nitrogens with one attached hydrogen (secondary N) is 2. The van der Waals surface area contributed by atoms with Gasteiger partial charge in [-0.1, -0.05) is 12.1 Å². The van der Waals surface area contributed by atoms with Crippen LogP contribution in [0.1, 0.15) is 30.1 Å². The Morgan fingerprint density at radius 3 is 3.06 bits per heavy atom. The van der Waals surface area contributed by atoms with Gasteiger partial charge < -0.3 is 15.4 Å². The Morgan fingerprint density at radius 2 is 2.28 bits per heavy atom. The van der Waals surface area contributed by atoms with Gasteiger partial charge in [0.05, 0.1) is 6.10 Å². The van der Waals surface area contributed by atoms with Crippen LogP contribution >= 0.6 is 0 Å². The first-order valence-corrected chi connectivity index (χ1v) is 6.73. The minimum atomic E-state index is -0.368. The largest absolute Gasteiger partial charge is 0.388 e. The Hall–Kier alpha value is -1.32. The third-order valence-electron chi connectivity index (χ3n) is 4.04. The maximum absolute atomic E-state index is 10.6. The molecule has 96 valence electrons.